The Morgan fingerprint density at radius 3 is 2.84 bits per heavy atom. The van der Waals surface area contributed by atoms with Crippen molar-refractivity contribution in [1.82, 2.24) is 10.2 Å². The minimum atomic E-state index is -0.929. The van der Waals surface area contributed by atoms with Gasteiger partial charge in [0.1, 0.15) is 17.2 Å². The molecule has 0 radical (unpaired) electrons. The first kappa shape index (κ1) is 17.9. The second kappa shape index (κ2) is 7.54. The smallest absolute Gasteiger partial charge is 0.257 e. The first-order valence-corrected chi connectivity index (χ1v) is 8.63. The van der Waals surface area contributed by atoms with Crippen LogP contribution < -0.4 is 5.32 Å². The van der Waals surface area contributed by atoms with Gasteiger partial charge in [-0.05, 0) is 24.6 Å². The number of nitrogens with zero attached hydrogens (tertiary/aromatic N) is 2. The SMILES string of the molecule is Cc1nnc(NC(=O)c2cccc([C@H]3O[C@H](CO)[C@@H](O)C[C@@H]3O)c2)s1. The number of ether oxygens (including phenoxy) is 1. The highest BCUT2D eigenvalue weighted by molar-refractivity contribution is 7.15. The molecule has 1 fully saturated rings. The molecular weight excluding hydrogens is 346 g/mol. The molecule has 3 rings (SSSR count). The number of hydrogen-bond acceptors (Lipinski definition) is 8. The van der Waals surface area contributed by atoms with Crippen molar-refractivity contribution in [1.29, 1.82) is 0 Å². The number of amides is 1. The van der Waals surface area contributed by atoms with Gasteiger partial charge < -0.3 is 20.1 Å². The number of carbonyl (C=O) groups is 1. The Morgan fingerprint density at radius 2 is 2.16 bits per heavy atom. The zero-order valence-electron chi connectivity index (χ0n) is 13.5. The molecule has 0 bridgehead atoms. The number of anilines is 1. The van der Waals surface area contributed by atoms with E-state index < -0.39 is 24.4 Å². The predicted octanol–water partition coefficient (Wildman–Crippen LogP) is 0.643. The van der Waals surface area contributed by atoms with E-state index in [4.69, 9.17) is 4.74 Å². The molecular formula is C16H19N3O5S. The third kappa shape index (κ3) is 4.02. The largest absolute Gasteiger partial charge is 0.394 e. The number of carbonyl (C=O) groups excluding carboxylic acids is 1. The summed E-state index contributed by atoms with van der Waals surface area (Å²) in [6, 6.07) is 6.67. The van der Waals surface area contributed by atoms with E-state index in [1.54, 1.807) is 31.2 Å². The Hall–Kier alpha value is -1.91. The number of hydrogen-bond donors (Lipinski definition) is 4. The lowest BCUT2D eigenvalue weighted by molar-refractivity contribution is -0.181. The molecule has 1 saturated heterocycles. The van der Waals surface area contributed by atoms with Gasteiger partial charge in [0.25, 0.3) is 5.91 Å². The highest BCUT2D eigenvalue weighted by Crippen LogP contribution is 2.32. The Labute approximate surface area is 148 Å². The Balaban J connectivity index is 1.77. The molecule has 4 N–H and O–H groups in total. The van der Waals surface area contributed by atoms with Crippen molar-refractivity contribution in [2.45, 2.75) is 37.8 Å². The van der Waals surface area contributed by atoms with Crippen LogP contribution in [0.3, 0.4) is 0 Å². The van der Waals surface area contributed by atoms with Crippen LogP contribution in [0.25, 0.3) is 0 Å². The summed E-state index contributed by atoms with van der Waals surface area (Å²) >= 11 is 1.27. The summed E-state index contributed by atoms with van der Waals surface area (Å²) in [5.41, 5.74) is 0.978. The van der Waals surface area contributed by atoms with Crippen molar-refractivity contribution in [2.24, 2.45) is 0 Å². The van der Waals surface area contributed by atoms with Gasteiger partial charge in [0, 0.05) is 12.0 Å². The van der Waals surface area contributed by atoms with Gasteiger partial charge >= 0.3 is 0 Å². The lowest BCUT2D eigenvalue weighted by atomic mass is 9.93. The molecule has 0 unspecified atom stereocenters. The topological polar surface area (TPSA) is 125 Å². The van der Waals surface area contributed by atoms with E-state index in [0.29, 0.717) is 16.3 Å². The lowest BCUT2D eigenvalue weighted by Gasteiger charge is -2.36. The fourth-order valence-electron chi connectivity index (χ4n) is 2.73. The third-order valence-corrected chi connectivity index (χ3v) is 4.74. The van der Waals surface area contributed by atoms with Gasteiger partial charge in [-0.25, -0.2) is 0 Å². The molecule has 0 spiro atoms. The van der Waals surface area contributed by atoms with Crippen molar-refractivity contribution in [3.8, 4) is 0 Å². The van der Waals surface area contributed by atoms with Gasteiger partial charge in [-0.2, -0.15) is 0 Å². The van der Waals surface area contributed by atoms with Crippen LogP contribution in [0, 0.1) is 6.92 Å². The van der Waals surface area contributed by atoms with E-state index in [2.05, 4.69) is 15.5 Å². The number of aliphatic hydroxyl groups is 3. The summed E-state index contributed by atoms with van der Waals surface area (Å²) in [6.45, 7) is 1.45. The summed E-state index contributed by atoms with van der Waals surface area (Å²) in [4.78, 5) is 12.4. The quantitative estimate of drug-likeness (QED) is 0.627. The summed E-state index contributed by atoms with van der Waals surface area (Å²) in [5.74, 6) is -0.345. The van der Waals surface area contributed by atoms with Crippen LogP contribution in [0.2, 0.25) is 0 Å². The molecule has 25 heavy (non-hydrogen) atoms. The minimum Gasteiger partial charge on any atom is -0.394 e. The van der Waals surface area contributed by atoms with Crippen molar-refractivity contribution >= 4 is 22.4 Å². The molecule has 9 heteroatoms. The number of aromatic nitrogens is 2. The molecule has 134 valence electrons. The molecule has 1 amide bonds. The first-order valence-electron chi connectivity index (χ1n) is 7.82. The van der Waals surface area contributed by atoms with Crippen LogP contribution in [0.1, 0.15) is 33.5 Å². The number of nitrogens with one attached hydrogen (secondary N) is 1. The van der Waals surface area contributed by atoms with E-state index in [1.165, 1.54) is 11.3 Å². The van der Waals surface area contributed by atoms with Gasteiger partial charge in [0.05, 0.1) is 18.8 Å². The molecule has 0 saturated carbocycles. The average molecular weight is 365 g/mol. The Bertz CT molecular complexity index is 753. The summed E-state index contributed by atoms with van der Waals surface area (Å²) in [7, 11) is 0. The zero-order valence-corrected chi connectivity index (χ0v) is 14.3. The van der Waals surface area contributed by atoms with Crippen LogP contribution in [0.5, 0.6) is 0 Å². The van der Waals surface area contributed by atoms with E-state index >= 15 is 0 Å². The fourth-order valence-corrected chi connectivity index (χ4v) is 3.32. The van der Waals surface area contributed by atoms with E-state index in [9.17, 15) is 20.1 Å². The normalized spacial score (nSPS) is 26.4. The maximum absolute atomic E-state index is 12.4. The van der Waals surface area contributed by atoms with Crippen molar-refractivity contribution in [3.05, 3.63) is 40.4 Å². The molecule has 0 aliphatic carbocycles. The highest BCUT2D eigenvalue weighted by Gasteiger charge is 2.36. The molecule has 2 aromatic rings. The second-order valence-corrected chi connectivity index (χ2v) is 7.04. The number of rotatable bonds is 4. The van der Waals surface area contributed by atoms with Gasteiger partial charge in [-0.3, -0.25) is 10.1 Å². The number of benzene rings is 1. The van der Waals surface area contributed by atoms with Crippen molar-refractivity contribution in [3.63, 3.8) is 0 Å². The number of aliphatic hydroxyl groups excluding tert-OH is 3. The third-order valence-electron chi connectivity index (χ3n) is 3.99. The van der Waals surface area contributed by atoms with Gasteiger partial charge in [-0.15, -0.1) is 10.2 Å². The van der Waals surface area contributed by atoms with Gasteiger partial charge in [-0.1, -0.05) is 23.5 Å². The molecule has 1 aromatic carbocycles. The molecule has 1 aromatic heterocycles. The molecule has 4 atom stereocenters. The fraction of sp³-hybridized carbons (Fsp3) is 0.438. The molecule has 1 aliphatic heterocycles. The van der Waals surface area contributed by atoms with Crippen LogP contribution in [0.15, 0.2) is 24.3 Å². The minimum absolute atomic E-state index is 0.0936. The monoisotopic (exact) mass is 365 g/mol. The second-order valence-electron chi connectivity index (χ2n) is 5.85. The van der Waals surface area contributed by atoms with Crippen LogP contribution in [0.4, 0.5) is 5.13 Å². The van der Waals surface area contributed by atoms with Crippen LogP contribution in [-0.2, 0) is 4.74 Å². The maximum atomic E-state index is 12.4. The van der Waals surface area contributed by atoms with E-state index in [-0.39, 0.29) is 18.9 Å². The average Bonchev–Trinajstić information content (AvgIpc) is 3.00. The van der Waals surface area contributed by atoms with Crippen molar-refractivity contribution in [2.75, 3.05) is 11.9 Å². The lowest BCUT2D eigenvalue weighted by Crippen LogP contribution is -2.44. The molecule has 8 nitrogen and oxygen atoms in total. The van der Waals surface area contributed by atoms with Crippen LogP contribution >= 0.6 is 11.3 Å². The Kier molecular flexibility index (Phi) is 5.40. The van der Waals surface area contributed by atoms with E-state index in [0.717, 1.165) is 5.01 Å². The molecule has 1 aliphatic rings. The summed E-state index contributed by atoms with van der Waals surface area (Å²) in [5, 5.41) is 40.8. The summed E-state index contributed by atoms with van der Waals surface area (Å²) in [6.07, 6.45) is -3.26. The Morgan fingerprint density at radius 1 is 1.36 bits per heavy atom. The van der Waals surface area contributed by atoms with Crippen molar-refractivity contribution < 1.29 is 24.9 Å². The first-order chi connectivity index (χ1) is 12.0. The predicted molar refractivity (Wildman–Crippen MR) is 90.4 cm³/mol. The summed E-state index contributed by atoms with van der Waals surface area (Å²) < 4.78 is 5.60. The standard InChI is InChI=1S/C16H19N3O5S/c1-8-18-19-16(25-8)17-15(23)10-4-2-3-9(5-10)14-12(22)6-11(21)13(7-20)24-14/h2-5,11-14,20-22H,6-7H2,1H3,(H,17,19,23)/t11-,12-,13+,14+/m0/s1. The van der Waals surface area contributed by atoms with Gasteiger partial charge in [0.2, 0.25) is 5.13 Å². The number of aryl methyl sites for hydroxylation is 1. The zero-order chi connectivity index (χ0) is 18.0. The van der Waals surface area contributed by atoms with Gasteiger partial charge in [0.15, 0.2) is 0 Å². The molecule has 2 heterocycles. The maximum Gasteiger partial charge on any atom is 0.257 e. The highest BCUT2D eigenvalue weighted by atomic mass is 32.1. The van der Waals surface area contributed by atoms with E-state index in [1.807, 2.05) is 0 Å². The van der Waals surface area contributed by atoms with Crippen LogP contribution in [-0.4, -0.2) is 56.3 Å².